The lowest BCUT2D eigenvalue weighted by molar-refractivity contribution is -0.142. The molecule has 0 unspecified atom stereocenters. The van der Waals surface area contributed by atoms with Gasteiger partial charge in [0.1, 0.15) is 5.41 Å². The van der Waals surface area contributed by atoms with Gasteiger partial charge in [-0.2, -0.15) is 5.26 Å². The Morgan fingerprint density at radius 3 is 2.47 bits per heavy atom. The zero-order valence-electron chi connectivity index (χ0n) is 10.4. The van der Waals surface area contributed by atoms with Gasteiger partial charge in [0, 0.05) is 13.6 Å². The van der Waals surface area contributed by atoms with Gasteiger partial charge in [-0.25, -0.2) is 0 Å². The van der Waals surface area contributed by atoms with Gasteiger partial charge in [-0.3, -0.25) is 9.59 Å². The predicted octanol–water partition coefficient (Wildman–Crippen LogP) is 1.09. The lowest BCUT2D eigenvalue weighted by Gasteiger charge is -2.26. The maximum atomic E-state index is 12.2. The Hall–Kier alpha value is -1.57. The summed E-state index contributed by atoms with van der Waals surface area (Å²) < 4.78 is 4.52. The van der Waals surface area contributed by atoms with Crippen LogP contribution in [0.15, 0.2) is 0 Å². The van der Waals surface area contributed by atoms with Crippen molar-refractivity contribution in [3.05, 3.63) is 0 Å². The summed E-state index contributed by atoms with van der Waals surface area (Å²) in [6, 6.07) is 2.15. The third-order valence-corrected chi connectivity index (χ3v) is 3.31. The molecule has 5 heteroatoms. The van der Waals surface area contributed by atoms with Crippen molar-refractivity contribution < 1.29 is 14.3 Å². The van der Waals surface area contributed by atoms with Gasteiger partial charge in [0.05, 0.1) is 19.6 Å². The largest absolute Gasteiger partial charge is 0.469 e. The lowest BCUT2D eigenvalue weighted by atomic mass is 9.86. The SMILES string of the molecule is COC(=O)CCN(C)C(=O)C1(C#N)CCCC1. The van der Waals surface area contributed by atoms with Crippen molar-refractivity contribution >= 4 is 11.9 Å². The molecule has 0 aromatic carbocycles. The first-order valence-corrected chi connectivity index (χ1v) is 5.79. The van der Waals surface area contributed by atoms with E-state index in [9.17, 15) is 14.9 Å². The fourth-order valence-corrected chi connectivity index (χ4v) is 2.18. The van der Waals surface area contributed by atoms with Crippen LogP contribution in [0.4, 0.5) is 0 Å². The molecule has 0 radical (unpaired) electrons. The quantitative estimate of drug-likeness (QED) is 0.687. The fourth-order valence-electron chi connectivity index (χ4n) is 2.18. The van der Waals surface area contributed by atoms with Crippen LogP contribution >= 0.6 is 0 Å². The van der Waals surface area contributed by atoms with Gasteiger partial charge in [-0.15, -0.1) is 0 Å². The minimum atomic E-state index is -0.856. The number of methoxy groups -OCH3 is 1. The topological polar surface area (TPSA) is 70.4 Å². The molecule has 0 aromatic heterocycles. The van der Waals surface area contributed by atoms with Crippen molar-refractivity contribution in [1.82, 2.24) is 4.90 Å². The Bertz CT molecular complexity index is 340. The van der Waals surface area contributed by atoms with E-state index in [-0.39, 0.29) is 18.3 Å². The van der Waals surface area contributed by atoms with Gasteiger partial charge in [-0.1, -0.05) is 12.8 Å². The van der Waals surface area contributed by atoms with Crippen molar-refractivity contribution in [3.8, 4) is 6.07 Å². The summed E-state index contributed by atoms with van der Waals surface area (Å²) in [7, 11) is 2.95. The molecule has 0 bridgehead atoms. The van der Waals surface area contributed by atoms with Crippen LogP contribution in [0.25, 0.3) is 0 Å². The van der Waals surface area contributed by atoms with E-state index in [2.05, 4.69) is 10.8 Å². The van der Waals surface area contributed by atoms with Crippen molar-refractivity contribution in [2.24, 2.45) is 5.41 Å². The molecule has 17 heavy (non-hydrogen) atoms. The second-order valence-corrected chi connectivity index (χ2v) is 4.45. The minimum absolute atomic E-state index is 0.165. The predicted molar refractivity (Wildman–Crippen MR) is 60.8 cm³/mol. The van der Waals surface area contributed by atoms with Crippen LogP contribution < -0.4 is 0 Å². The molecule has 0 saturated heterocycles. The summed E-state index contributed by atoms with van der Waals surface area (Å²) in [6.07, 6.45) is 3.27. The van der Waals surface area contributed by atoms with Crippen molar-refractivity contribution in [2.45, 2.75) is 32.1 Å². The van der Waals surface area contributed by atoms with Gasteiger partial charge < -0.3 is 9.64 Å². The van der Waals surface area contributed by atoms with E-state index in [0.717, 1.165) is 12.8 Å². The number of carbonyl (C=O) groups excluding carboxylic acids is 2. The first kappa shape index (κ1) is 13.5. The van der Waals surface area contributed by atoms with Crippen LogP contribution in [-0.4, -0.2) is 37.5 Å². The molecule has 94 valence electrons. The van der Waals surface area contributed by atoms with Crippen LogP contribution in [0.1, 0.15) is 32.1 Å². The zero-order valence-corrected chi connectivity index (χ0v) is 10.4. The first-order chi connectivity index (χ1) is 8.05. The molecule has 1 rings (SSSR count). The van der Waals surface area contributed by atoms with Gasteiger partial charge in [-0.05, 0) is 12.8 Å². The first-order valence-electron chi connectivity index (χ1n) is 5.79. The molecular formula is C12H18N2O3. The van der Waals surface area contributed by atoms with Crippen molar-refractivity contribution in [2.75, 3.05) is 20.7 Å². The van der Waals surface area contributed by atoms with Gasteiger partial charge in [0.15, 0.2) is 0 Å². The van der Waals surface area contributed by atoms with Gasteiger partial charge in [0.2, 0.25) is 5.91 Å². The third kappa shape index (κ3) is 2.96. The number of ether oxygens (including phenoxy) is 1. The molecule has 1 aliphatic rings. The molecule has 1 saturated carbocycles. The van der Waals surface area contributed by atoms with E-state index in [1.807, 2.05) is 0 Å². The lowest BCUT2D eigenvalue weighted by Crippen LogP contribution is -2.40. The molecule has 0 aliphatic heterocycles. The number of hydrogen-bond donors (Lipinski definition) is 0. The number of carbonyl (C=O) groups is 2. The van der Waals surface area contributed by atoms with Crippen LogP contribution in [0.3, 0.4) is 0 Å². The Balaban J connectivity index is 2.57. The highest BCUT2D eigenvalue weighted by Crippen LogP contribution is 2.38. The van der Waals surface area contributed by atoms with E-state index >= 15 is 0 Å². The molecule has 1 aliphatic carbocycles. The standard InChI is InChI=1S/C12H18N2O3/c1-14(8-5-10(15)17-2)11(16)12(9-13)6-3-4-7-12/h3-8H2,1-2H3. The van der Waals surface area contributed by atoms with Crippen LogP contribution in [0, 0.1) is 16.7 Å². The van der Waals surface area contributed by atoms with Crippen LogP contribution in [0.2, 0.25) is 0 Å². The van der Waals surface area contributed by atoms with Crippen molar-refractivity contribution in [3.63, 3.8) is 0 Å². The molecule has 1 fully saturated rings. The fraction of sp³-hybridized carbons (Fsp3) is 0.750. The van der Waals surface area contributed by atoms with E-state index in [0.29, 0.717) is 19.4 Å². The minimum Gasteiger partial charge on any atom is -0.469 e. The summed E-state index contributed by atoms with van der Waals surface area (Å²) in [5.41, 5.74) is -0.856. The van der Waals surface area contributed by atoms with Gasteiger partial charge in [0.25, 0.3) is 0 Å². The van der Waals surface area contributed by atoms with Crippen LogP contribution in [0.5, 0.6) is 0 Å². The number of hydrogen-bond acceptors (Lipinski definition) is 4. The Morgan fingerprint density at radius 1 is 1.41 bits per heavy atom. The molecule has 0 aromatic rings. The normalized spacial score (nSPS) is 17.2. The van der Waals surface area contributed by atoms with E-state index < -0.39 is 5.41 Å². The highest BCUT2D eigenvalue weighted by Gasteiger charge is 2.43. The molecular weight excluding hydrogens is 220 g/mol. The van der Waals surface area contributed by atoms with E-state index in [1.54, 1.807) is 7.05 Å². The molecule has 0 spiro atoms. The Kier molecular flexibility index (Phi) is 4.50. The number of rotatable bonds is 4. The summed E-state index contributed by atoms with van der Waals surface area (Å²) in [4.78, 5) is 24.6. The maximum Gasteiger partial charge on any atom is 0.307 e. The Labute approximate surface area is 101 Å². The number of nitriles is 1. The van der Waals surface area contributed by atoms with E-state index in [4.69, 9.17) is 0 Å². The smallest absolute Gasteiger partial charge is 0.307 e. The summed E-state index contributed by atoms with van der Waals surface area (Å²) in [5.74, 6) is -0.511. The third-order valence-electron chi connectivity index (χ3n) is 3.31. The number of nitrogens with zero attached hydrogens (tertiary/aromatic N) is 2. The number of esters is 1. The summed E-state index contributed by atoms with van der Waals surface area (Å²) in [6.45, 7) is 0.301. The number of amides is 1. The average molecular weight is 238 g/mol. The monoisotopic (exact) mass is 238 g/mol. The molecule has 0 heterocycles. The summed E-state index contributed by atoms with van der Waals surface area (Å²) in [5, 5.41) is 9.17. The summed E-state index contributed by atoms with van der Waals surface area (Å²) >= 11 is 0. The molecule has 1 amide bonds. The molecule has 5 nitrogen and oxygen atoms in total. The highest BCUT2D eigenvalue weighted by atomic mass is 16.5. The highest BCUT2D eigenvalue weighted by molar-refractivity contribution is 5.86. The maximum absolute atomic E-state index is 12.2. The molecule has 0 atom stereocenters. The van der Waals surface area contributed by atoms with Crippen LogP contribution in [-0.2, 0) is 14.3 Å². The Morgan fingerprint density at radius 2 is 2.00 bits per heavy atom. The second-order valence-electron chi connectivity index (χ2n) is 4.45. The average Bonchev–Trinajstić information content (AvgIpc) is 2.84. The van der Waals surface area contributed by atoms with Gasteiger partial charge >= 0.3 is 5.97 Å². The van der Waals surface area contributed by atoms with Crippen molar-refractivity contribution in [1.29, 1.82) is 5.26 Å². The zero-order chi connectivity index (χ0) is 12.9. The van der Waals surface area contributed by atoms with E-state index in [1.165, 1.54) is 12.0 Å². The molecule has 0 N–H and O–H groups in total. The second kappa shape index (κ2) is 5.67.